The van der Waals surface area contributed by atoms with Gasteiger partial charge in [0.25, 0.3) is 0 Å². The van der Waals surface area contributed by atoms with Gasteiger partial charge in [-0.15, -0.1) is 0 Å². The molecule has 0 bridgehead atoms. The van der Waals surface area contributed by atoms with Gasteiger partial charge >= 0.3 is 0 Å². The molecule has 4 aromatic rings. The van der Waals surface area contributed by atoms with Gasteiger partial charge < -0.3 is 0 Å². The second kappa shape index (κ2) is 12.5. The van der Waals surface area contributed by atoms with Crippen LogP contribution in [0.1, 0.15) is 75.1 Å². The Balaban J connectivity index is 1.67. The maximum absolute atomic E-state index is 2.50. The number of benzene rings is 3. The van der Waals surface area contributed by atoms with E-state index in [-0.39, 0.29) is 5.41 Å². The molecule has 182 valence electrons. The van der Waals surface area contributed by atoms with Crippen molar-refractivity contribution in [1.82, 2.24) is 4.57 Å². The van der Waals surface area contributed by atoms with E-state index in [1.54, 1.807) is 0 Å². The largest absolute Gasteiger partial charge is 0.244 e. The monoisotopic (exact) mass is 465 g/mol. The molecule has 0 aliphatic heterocycles. The minimum absolute atomic E-state index is 0.0169. The summed E-state index contributed by atoms with van der Waals surface area (Å²) in [4.78, 5) is 0. The highest BCUT2D eigenvalue weighted by atomic mass is 15.1. The highest BCUT2D eigenvalue weighted by Gasteiger charge is 2.40. The van der Waals surface area contributed by atoms with Gasteiger partial charge in [-0.05, 0) is 36.0 Å². The van der Waals surface area contributed by atoms with Crippen molar-refractivity contribution in [3.8, 4) is 0 Å². The lowest BCUT2D eigenvalue weighted by atomic mass is 9.70. The minimum atomic E-state index is -0.0169. The van der Waals surface area contributed by atoms with Crippen LogP contribution in [0.3, 0.4) is 0 Å². The zero-order valence-electron chi connectivity index (χ0n) is 21.5. The van der Waals surface area contributed by atoms with Gasteiger partial charge in [0.1, 0.15) is 25.0 Å². The molecule has 0 aliphatic carbocycles. The fourth-order valence-electron chi connectivity index (χ4n) is 5.47. The molecule has 0 saturated heterocycles. The molecule has 2 nitrogen and oxygen atoms in total. The van der Waals surface area contributed by atoms with E-state index < -0.39 is 0 Å². The molecule has 2 unspecified atom stereocenters. The summed E-state index contributed by atoms with van der Waals surface area (Å²) >= 11 is 0. The van der Waals surface area contributed by atoms with Crippen LogP contribution in [-0.4, -0.2) is 4.57 Å². The highest BCUT2D eigenvalue weighted by molar-refractivity contribution is 5.31. The van der Waals surface area contributed by atoms with Crippen molar-refractivity contribution in [3.05, 3.63) is 126 Å². The first kappa shape index (κ1) is 25.0. The van der Waals surface area contributed by atoms with Gasteiger partial charge in [-0.2, -0.15) is 0 Å². The molecule has 2 atom stereocenters. The third-order valence-electron chi connectivity index (χ3n) is 7.44. The van der Waals surface area contributed by atoms with Crippen LogP contribution in [0.15, 0.2) is 110 Å². The fourth-order valence-corrected chi connectivity index (χ4v) is 5.47. The zero-order valence-corrected chi connectivity index (χ0v) is 21.5. The van der Waals surface area contributed by atoms with Crippen molar-refractivity contribution in [2.75, 3.05) is 0 Å². The van der Waals surface area contributed by atoms with Gasteiger partial charge in [0.05, 0.1) is 0 Å². The molecule has 0 fully saturated rings. The molecular formula is C33H41N2+. The summed E-state index contributed by atoms with van der Waals surface area (Å²) in [5.74, 6) is 0. The zero-order chi connectivity index (χ0) is 24.3. The van der Waals surface area contributed by atoms with Gasteiger partial charge in [0.15, 0.2) is 0 Å². The average Bonchev–Trinajstić information content (AvgIpc) is 3.35. The Hall–Kier alpha value is -3.13. The normalized spacial score (nSPS) is 13.9. The van der Waals surface area contributed by atoms with Crippen LogP contribution < -0.4 is 4.57 Å². The van der Waals surface area contributed by atoms with Crippen LogP contribution in [0, 0.1) is 0 Å². The van der Waals surface area contributed by atoms with Gasteiger partial charge in [-0.25, -0.2) is 9.13 Å². The van der Waals surface area contributed by atoms with E-state index in [1.807, 2.05) is 0 Å². The molecule has 0 N–H and O–H groups in total. The number of nitrogens with zero attached hydrogens (tertiary/aromatic N) is 2. The molecule has 0 amide bonds. The second-order valence-electron chi connectivity index (χ2n) is 10.2. The molecule has 0 spiro atoms. The summed E-state index contributed by atoms with van der Waals surface area (Å²) in [6.45, 7) is 5.67. The molecule has 0 aliphatic rings. The van der Waals surface area contributed by atoms with E-state index >= 15 is 0 Å². The first-order valence-electron chi connectivity index (χ1n) is 13.4. The molecule has 3 aromatic carbocycles. The standard InChI is InChI=1S/C33H41N2/c1-3-4-5-6-16-23-32(35-25-24-34(28-35)27-30-19-12-8-13-20-30)33(2,31-21-14-9-15-22-31)26-29-17-10-7-11-18-29/h7-15,17-22,24-25,28,32H,3-6,16,23,26-27H2,1-2H3/q+1. The minimum Gasteiger partial charge on any atom is -0.233 e. The summed E-state index contributed by atoms with van der Waals surface area (Å²) < 4.78 is 4.83. The highest BCUT2D eigenvalue weighted by Crippen LogP contribution is 2.41. The van der Waals surface area contributed by atoms with Crippen LogP contribution in [0.25, 0.3) is 0 Å². The lowest BCUT2D eigenvalue weighted by molar-refractivity contribution is -0.688. The molecule has 1 aromatic heterocycles. The maximum atomic E-state index is 2.50. The summed E-state index contributed by atoms with van der Waals surface area (Å²) in [6, 6.07) is 33.3. The van der Waals surface area contributed by atoms with Crippen LogP contribution in [0.4, 0.5) is 0 Å². The SMILES string of the molecule is CCCCCCCC(n1cc[n+](Cc2ccccc2)c1)C(C)(Cc1ccccc1)c1ccccc1. The number of hydrogen-bond donors (Lipinski definition) is 0. The Morgan fingerprint density at radius 2 is 1.34 bits per heavy atom. The Labute approximate surface area is 212 Å². The molecule has 0 saturated carbocycles. The van der Waals surface area contributed by atoms with Crippen molar-refractivity contribution in [2.24, 2.45) is 0 Å². The van der Waals surface area contributed by atoms with Gasteiger partial charge in [0.2, 0.25) is 6.33 Å². The number of aromatic nitrogens is 2. The Bertz CT molecular complexity index is 1120. The number of unbranched alkanes of at least 4 members (excludes halogenated alkanes) is 4. The quantitative estimate of drug-likeness (QED) is 0.140. The predicted molar refractivity (Wildman–Crippen MR) is 147 cm³/mol. The summed E-state index contributed by atoms with van der Waals surface area (Å²) in [6.07, 6.45) is 15.6. The van der Waals surface area contributed by atoms with Crippen molar-refractivity contribution < 1.29 is 4.57 Å². The smallest absolute Gasteiger partial charge is 0.233 e. The number of imidazole rings is 1. The van der Waals surface area contributed by atoms with E-state index in [0.717, 1.165) is 13.0 Å². The first-order chi connectivity index (χ1) is 17.2. The Kier molecular flexibility index (Phi) is 8.95. The molecule has 2 heteroatoms. The van der Waals surface area contributed by atoms with E-state index in [0.29, 0.717) is 6.04 Å². The Morgan fingerprint density at radius 1 is 0.743 bits per heavy atom. The van der Waals surface area contributed by atoms with Crippen LogP contribution in [0.5, 0.6) is 0 Å². The van der Waals surface area contributed by atoms with E-state index in [2.05, 4.69) is 133 Å². The molecule has 0 radical (unpaired) electrons. The van der Waals surface area contributed by atoms with E-state index in [9.17, 15) is 0 Å². The van der Waals surface area contributed by atoms with Crippen LogP contribution >= 0.6 is 0 Å². The van der Waals surface area contributed by atoms with Crippen molar-refractivity contribution in [3.63, 3.8) is 0 Å². The topological polar surface area (TPSA) is 8.81 Å². The van der Waals surface area contributed by atoms with Crippen molar-refractivity contribution in [1.29, 1.82) is 0 Å². The average molecular weight is 466 g/mol. The first-order valence-corrected chi connectivity index (χ1v) is 13.4. The summed E-state index contributed by atoms with van der Waals surface area (Å²) in [7, 11) is 0. The van der Waals surface area contributed by atoms with Gasteiger partial charge in [-0.1, -0.05) is 131 Å². The van der Waals surface area contributed by atoms with E-state index in [4.69, 9.17) is 0 Å². The fraction of sp³-hybridized carbons (Fsp3) is 0.364. The van der Waals surface area contributed by atoms with Crippen molar-refractivity contribution in [2.45, 2.75) is 76.8 Å². The lowest BCUT2D eigenvalue weighted by Gasteiger charge is -2.37. The molecule has 1 heterocycles. The number of rotatable bonds is 13. The molecular weight excluding hydrogens is 424 g/mol. The maximum Gasteiger partial charge on any atom is 0.244 e. The third kappa shape index (κ3) is 6.72. The van der Waals surface area contributed by atoms with Gasteiger partial charge in [-0.3, -0.25) is 0 Å². The summed E-state index contributed by atoms with van der Waals surface area (Å²) in [5, 5.41) is 0. The predicted octanol–water partition coefficient (Wildman–Crippen LogP) is 7.93. The lowest BCUT2D eigenvalue weighted by Crippen LogP contribution is -2.38. The number of hydrogen-bond acceptors (Lipinski definition) is 0. The third-order valence-corrected chi connectivity index (χ3v) is 7.44. The summed E-state index contributed by atoms with van der Waals surface area (Å²) in [5.41, 5.74) is 4.14. The van der Waals surface area contributed by atoms with E-state index in [1.165, 1.54) is 55.2 Å². The Morgan fingerprint density at radius 3 is 2.00 bits per heavy atom. The van der Waals surface area contributed by atoms with Gasteiger partial charge in [0, 0.05) is 5.41 Å². The molecule has 4 rings (SSSR count). The molecule has 35 heavy (non-hydrogen) atoms. The van der Waals surface area contributed by atoms with Crippen LogP contribution in [0.2, 0.25) is 0 Å². The second-order valence-corrected chi connectivity index (χ2v) is 10.2. The van der Waals surface area contributed by atoms with Crippen LogP contribution in [-0.2, 0) is 18.4 Å². The van der Waals surface area contributed by atoms with Crippen molar-refractivity contribution >= 4 is 0 Å².